The Balaban J connectivity index is 3.27. The summed E-state index contributed by atoms with van der Waals surface area (Å²) >= 11 is 0. The van der Waals surface area contributed by atoms with Gasteiger partial charge in [-0.3, -0.25) is 0 Å². The van der Waals surface area contributed by atoms with Crippen molar-refractivity contribution in [2.45, 2.75) is 111 Å². The van der Waals surface area contributed by atoms with E-state index in [1.54, 1.807) is 0 Å². The van der Waals surface area contributed by atoms with Gasteiger partial charge in [0.25, 0.3) is 0 Å². The summed E-state index contributed by atoms with van der Waals surface area (Å²) in [5.74, 6) is 0. The number of para-hydroxylation sites is 2. The minimum Gasteiger partial charge on any atom is -0.317 e. The zero-order valence-corrected chi connectivity index (χ0v) is 23.6. The van der Waals surface area contributed by atoms with Crippen LogP contribution in [-0.4, -0.2) is 27.7 Å². The second-order valence-corrected chi connectivity index (χ2v) is 21.3. The Labute approximate surface area is 186 Å². The quantitative estimate of drug-likeness (QED) is 0.335. The number of nitrogens with zero attached hydrogens (tertiary/aromatic N) is 4. The molecule has 0 N–H and O–H groups in total. The van der Waals surface area contributed by atoms with Crippen LogP contribution < -0.4 is 5.62 Å². The van der Waals surface area contributed by atoms with Crippen molar-refractivity contribution < 1.29 is 0 Å². The van der Waals surface area contributed by atoms with Crippen LogP contribution in [0.5, 0.6) is 0 Å². The maximum absolute atomic E-state index is 5.80. The molecule has 0 amide bonds. The molecule has 4 nitrogen and oxygen atoms in total. The first-order valence-electron chi connectivity index (χ1n) is 11.3. The number of benzene rings is 1. The van der Waals surface area contributed by atoms with Gasteiger partial charge in [-0.25, -0.2) is 4.76 Å². The predicted octanol–water partition coefficient (Wildman–Crippen LogP) is 8.05. The van der Waals surface area contributed by atoms with Crippen LogP contribution >= 0.6 is 7.21 Å². The molecule has 2 aromatic rings. The van der Waals surface area contributed by atoms with Gasteiger partial charge in [0.2, 0.25) is 5.62 Å². The van der Waals surface area contributed by atoms with Crippen LogP contribution in [-0.2, 0) is 0 Å². The molecule has 0 radical (unpaired) electrons. The second kappa shape index (κ2) is 8.13. The van der Waals surface area contributed by atoms with E-state index in [9.17, 15) is 0 Å². The third-order valence-corrected chi connectivity index (χ3v) is 13.2. The average molecular weight is 449 g/mol. The highest BCUT2D eigenvalue weighted by Crippen LogP contribution is 2.71. The molecule has 0 saturated carbocycles. The Morgan fingerprint density at radius 2 is 1.13 bits per heavy atom. The van der Waals surface area contributed by atoms with Gasteiger partial charge in [-0.1, -0.05) is 73.3 Å². The van der Waals surface area contributed by atoms with E-state index < -0.39 is 15.4 Å². The van der Waals surface area contributed by atoms with E-state index in [2.05, 4.69) is 122 Å². The second-order valence-electron chi connectivity index (χ2n) is 12.0. The van der Waals surface area contributed by atoms with E-state index >= 15 is 0 Å². The highest BCUT2D eigenvalue weighted by molar-refractivity contribution is 7.69. The SMILES string of the molecule is CC(C)n1c(=NP(=N[Si](C)(C)C)(C(C)(C)C)C(C)(C)C)n(C(C)C)c2ccccc21. The zero-order chi connectivity index (χ0) is 23.3. The molecule has 30 heavy (non-hydrogen) atoms. The van der Waals surface area contributed by atoms with Gasteiger partial charge in [0.1, 0.15) is 0 Å². The standard InChI is InChI=1S/C24H45N4PSi/c1-18(2)27-20-16-14-15-17-21(20)28(19(3)4)22(27)25-29(23(5,6)7,24(8,9)10)26-30(11,12)13/h14-19H,1-13H3. The molecule has 0 aliphatic rings. The molecule has 1 heterocycles. The lowest BCUT2D eigenvalue weighted by molar-refractivity contribution is 0.522. The summed E-state index contributed by atoms with van der Waals surface area (Å²) in [5.41, 5.74) is 3.60. The van der Waals surface area contributed by atoms with E-state index in [-0.39, 0.29) is 10.3 Å². The molecule has 0 unspecified atom stereocenters. The number of fused-ring (bicyclic) bond motifs is 1. The van der Waals surface area contributed by atoms with Crippen LogP contribution in [0.2, 0.25) is 19.6 Å². The monoisotopic (exact) mass is 448 g/mol. The van der Waals surface area contributed by atoms with Crippen molar-refractivity contribution in [2.75, 3.05) is 0 Å². The first-order chi connectivity index (χ1) is 13.4. The largest absolute Gasteiger partial charge is 0.317 e. The van der Waals surface area contributed by atoms with E-state index in [4.69, 9.17) is 9.17 Å². The summed E-state index contributed by atoms with van der Waals surface area (Å²) in [4.78, 5) is 0. The number of hydrogen-bond donors (Lipinski definition) is 0. The van der Waals surface area contributed by atoms with Gasteiger partial charge in [-0.15, -0.1) is 0 Å². The van der Waals surface area contributed by atoms with Crippen LogP contribution in [0.4, 0.5) is 0 Å². The lowest BCUT2D eigenvalue weighted by Crippen LogP contribution is -2.35. The van der Waals surface area contributed by atoms with Gasteiger partial charge < -0.3 is 13.5 Å². The third kappa shape index (κ3) is 4.57. The van der Waals surface area contributed by atoms with Gasteiger partial charge in [0, 0.05) is 22.4 Å². The molecule has 0 aliphatic heterocycles. The first kappa shape index (κ1) is 25.2. The molecule has 170 valence electrons. The fraction of sp³-hybridized carbons (Fsp3) is 0.708. The van der Waals surface area contributed by atoms with E-state index in [0.29, 0.717) is 12.1 Å². The fourth-order valence-electron chi connectivity index (χ4n) is 4.51. The fourth-order valence-corrected chi connectivity index (χ4v) is 13.6. The zero-order valence-electron chi connectivity index (χ0n) is 21.7. The number of hydrogen-bond acceptors (Lipinski definition) is 1. The van der Waals surface area contributed by atoms with E-state index in [1.165, 1.54) is 11.0 Å². The molecule has 1 aromatic carbocycles. The molecule has 0 fully saturated rings. The van der Waals surface area contributed by atoms with Gasteiger partial charge in [-0.05, 0) is 39.8 Å². The average Bonchev–Trinajstić information content (AvgIpc) is 2.84. The summed E-state index contributed by atoms with van der Waals surface area (Å²) in [6.07, 6.45) is 0. The van der Waals surface area contributed by atoms with Crippen molar-refractivity contribution in [2.24, 2.45) is 9.17 Å². The topological polar surface area (TPSA) is 34.6 Å². The van der Waals surface area contributed by atoms with Crippen molar-refractivity contribution >= 4 is 26.5 Å². The first-order valence-corrected chi connectivity index (χ1v) is 16.5. The highest BCUT2D eigenvalue weighted by Gasteiger charge is 2.45. The summed E-state index contributed by atoms with van der Waals surface area (Å²) in [5, 5.41) is -0.0305. The van der Waals surface area contributed by atoms with Crippen LogP contribution in [0.15, 0.2) is 33.4 Å². The Hall–Kier alpha value is -1.06. The number of aromatic nitrogens is 2. The minimum atomic E-state index is -2.13. The van der Waals surface area contributed by atoms with Crippen LogP contribution in [0.3, 0.4) is 0 Å². The molecule has 0 atom stereocenters. The molecule has 1 aromatic heterocycles. The van der Waals surface area contributed by atoms with Crippen LogP contribution in [0.1, 0.15) is 81.3 Å². The Morgan fingerprint density at radius 1 is 0.767 bits per heavy atom. The van der Waals surface area contributed by atoms with Gasteiger partial charge >= 0.3 is 0 Å². The summed E-state index contributed by atoms with van der Waals surface area (Å²) in [6.45, 7) is 30.2. The molecule has 0 aliphatic carbocycles. The molecule has 0 bridgehead atoms. The van der Waals surface area contributed by atoms with Crippen molar-refractivity contribution in [3.05, 3.63) is 29.9 Å². The molecular weight excluding hydrogens is 403 g/mol. The van der Waals surface area contributed by atoms with Crippen LogP contribution in [0, 0.1) is 0 Å². The number of rotatable bonds is 4. The highest BCUT2D eigenvalue weighted by atomic mass is 31.2. The smallest absolute Gasteiger partial charge is 0.211 e. The third-order valence-electron chi connectivity index (χ3n) is 5.41. The van der Waals surface area contributed by atoms with Crippen molar-refractivity contribution in [1.82, 2.24) is 9.13 Å². The van der Waals surface area contributed by atoms with E-state index in [1.807, 2.05) is 0 Å². The maximum atomic E-state index is 5.80. The number of imidazole rings is 1. The molecule has 2 rings (SSSR count). The van der Waals surface area contributed by atoms with E-state index in [0.717, 1.165) is 5.62 Å². The minimum absolute atomic E-state index is 0.0153. The summed E-state index contributed by atoms with van der Waals surface area (Å²) in [6, 6.07) is 9.38. The molecule has 6 heteroatoms. The Bertz CT molecular complexity index is 953. The lowest BCUT2D eigenvalue weighted by atomic mass is 10.2. The lowest BCUT2D eigenvalue weighted by Gasteiger charge is -2.45. The summed E-state index contributed by atoms with van der Waals surface area (Å²) < 4.78 is 16.4. The normalized spacial score (nSPS) is 14.1. The van der Waals surface area contributed by atoms with Gasteiger partial charge in [0.05, 0.1) is 18.2 Å². The van der Waals surface area contributed by atoms with Crippen molar-refractivity contribution in [1.29, 1.82) is 0 Å². The van der Waals surface area contributed by atoms with Gasteiger partial charge in [0.15, 0.2) is 8.24 Å². The maximum Gasteiger partial charge on any atom is 0.211 e. The van der Waals surface area contributed by atoms with Gasteiger partial charge in [-0.2, -0.15) is 0 Å². The van der Waals surface area contributed by atoms with Crippen molar-refractivity contribution in [3.8, 4) is 0 Å². The molecule has 0 saturated heterocycles. The summed E-state index contributed by atoms with van der Waals surface area (Å²) in [7, 11) is -3.86. The van der Waals surface area contributed by atoms with Crippen molar-refractivity contribution in [3.63, 3.8) is 0 Å². The Kier molecular flexibility index (Phi) is 6.83. The van der Waals surface area contributed by atoms with Crippen LogP contribution in [0.25, 0.3) is 11.0 Å². The molecule has 0 spiro atoms. The predicted molar refractivity (Wildman–Crippen MR) is 138 cm³/mol. The molecular formula is C24H45N4PSi. The Morgan fingerprint density at radius 3 is 1.40 bits per heavy atom.